The summed E-state index contributed by atoms with van der Waals surface area (Å²) in [4.78, 5) is 31.3. The van der Waals surface area contributed by atoms with Crippen LogP contribution in [-0.2, 0) is 10.4 Å². The molecule has 0 radical (unpaired) electrons. The van der Waals surface area contributed by atoms with E-state index in [1.54, 1.807) is 55.1 Å². The lowest BCUT2D eigenvalue weighted by Gasteiger charge is -2.40. The fourth-order valence-corrected chi connectivity index (χ4v) is 3.49. The number of likely N-dealkylation sites (tertiary alicyclic amines) is 1. The molecule has 1 aromatic carbocycles. The van der Waals surface area contributed by atoms with Crippen molar-refractivity contribution in [1.82, 2.24) is 15.2 Å². The zero-order chi connectivity index (χ0) is 20.4. The van der Waals surface area contributed by atoms with Crippen LogP contribution in [0.2, 0.25) is 5.02 Å². The van der Waals surface area contributed by atoms with Crippen LogP contribution in [0.15, 0.2) is 48.7 Å². The molecular formula is C21H24ClN3O3. The Morgan fingerprint density at radius 3 is 2.36 bits per heavy atom. The third-order valence-electron chi connectivity index (χ3n) is 5.08. The molecule has 6 nitrogen and oxygen atoms in total. The summed E-state index contributed by atoms with van der Waals surface area (Å²) in [7, 11) is 0. The number of carbonyl (C=O) groups is 2. The number of halogens is 1. The monoisotopic (exact) mass is 401 g/mol. The van der Waals surface area contributed by atoms with Gasteiger partial charge in [-0.15, -0.1) is 0 Å². The third kappa shape index (κ3) is 4.34. The number of aromatic nitrogens is 1. The second kappa shape index (κ2) is 7.89. The maximum atomic E-state index is 13.0. The Kier molecular flexibility index (Phi) is 5.72. The number of pyridine rings is 1. The molecule has 0 aliphatic carbocycles. The largest absolute Gasteiger partial charge is 0.383 e. The first kappa shape index (κ1) is 20.3. The first-order valence-electron chi connectivity index (χ1n) is 9.23. The van der Waals surface area contributed by atoms with Gasteiger partial charge in [-0.1, -0.05) is 29.8 Å². The fraction of sp³-hybridized carbons (Fsp3) is 0.381. The van der Waals surface area contributed by atoms with Gasteiger partial charge in [0.1, 0.15) is 11.1 Å². The molecule has 28 heavy (non-hydrogen) atoms. The number of nitrogens with one attached hydrogen (secondary N) is 1. The Labute approximate surface area is 169 Å². The second-order valence-electron chi connectivity index (χ2n) is 7.63. The molecule has 0 saturated carbocycles. The predicted octanol–water partition coefficient (Wildman–Crippen LogP) is 2.75. The second-order valence-corrected chi connectivity index (χ2v) is 8.07. The summed E-state index contributed by atoms with van der Waals surface area (Å²) >= 11 is 5.87. The highest BCUT2D eigenvalue weighted by atomic mass is 35.5. The number of carbonyl (C=O) groups excluding carboxylic acids is 2. The number of hydrogen-bond acceptors (Lipinski definition) is 4. The minimum atomic E-state index is -1.08. The van der Waals surface area contributed by atoms with Gasteiger partial charge in [-0.05, 0) is 51.0 Å². The minimum absolute atomic E-state index is 0.178. The molecule has 0 spiro atoms. The summed E-state index contributed by atoms with van der Waals surface area (Å²) in [6.07, 6.45) is 2.25. The molecule has 148 valence electrons. The molecule has 1 aliphatic rings. The summed E-state index contributed by atoms with van der Waals surface area (Å²) < 4.78 is 0. The van der Waals surface area contributed by atoms with Gasteiger partial charge in [0.15, 0.2) is 0 Å². The third-order valence-corrected chi connectivity index (χ3v) is 5.30. The molecule has 1 saturated heterocycles. The quantitative estimate of drug-likeness (QED) is 0.825. The van der Waals surface area contributed by atoms with Crippen molar-refractivity contribution >= 4 is 23.4 Å². The van der Waals surface area contributed by atoms with Gasteiger partial charge in [-0.3, -0.25) is 14.6 Å². The van der Waals surface area contributed by atoms with Crippen LogP contribution >= 0.6 is 11.6 Å². The van der Waals surface area contributed by atoms with Crippen molar-refractivity contribution in [3.8, 4) is 0 Å². The van der Waals surface area contributed by atoms with Crippen LogP contribution in [0.1, 0.15) is 42.7 Å². The van der Waals surface area contributed by atoms with E-state index in [4.69, 9.17) is 11.6 Å². The van der Waals surface area contributed by atoms with E-state index in [1.807, 2.05) is 6.07 Å². The van der Waals surface area contributed by atoms with Crippen molar-refractivity contribution in [3.05, 3.63) is 64.9 Å². The first-order chi connectivity index (χ1) is 13.2. The molecule has 2 aromatic rings. The molecular weight excluding hydrogens is 378 g/mol. The van der Waals surface area contributed by atoms with Crippen LogP contribution < -0.4 is 5.32 Å². The van der Waals surface area contributed by atoms with E-state index < -0.39 is 11.1 Å². The number of hydrogen-bond donors (Lipinski definition) is 2. The van der Waals surface area contributed by atoms with E-state index in [9.17, 15) is 14.7 Å². The highest BCUT2D eigenvalue weighted by molar-refractivity contribution is 6.30. The van der Waals surface area contributed by atoms with Crippen LogP contribution in [0.5, 0.6) is 0 Å². The summed E-state index contributed by atoms with van der Waals surface area (Å²) in [5, 5.41) is 14.2. The highest BCUT2D eigenvalue weighted by Crippen LogP contribution is 2.32. The van der Waals surface area contributed by atoms with Gasteiger partial charge < -0.3 is 15.3 Å². The molecule has 0 bridgehead atoms. The molecule has 7 heteroatoms. The Hall–Kier alpha value is -2.44. The number of aliphatic hydroxyl groups is 1. The fourth-order valence-electron chi connectivity index (χ4n) is 3.38. The van der Waals surface area contributed by atoms with E-state index in [1.165, 1.54) is 6.20 Å². The van der Waals surface area contributed by atoms with E-state index in [0.717, 1.165) is 0 Å². The number of piperidine rings is 1. The van der Waals surface area contributed by atoms with Crippen molar-refractivity contribution in [2.45, 2.75) is 37.8 Å². The summed E-state index contributed by atoms with van der Waals surface area (Å²) in [5.74, 6) is -0.472. The van der Waals surface area contributed by atoms with Gasteiger partial charge >= 0.3 is 0 Å². The lowest BCUT2D eigenvalue weighted by molar-refractivity contribution is -0.141. The molecule has 1 fully saturated rings. The van der Waals surface area contributed by atoms with Gasteiger partial charge in [0, 0.05) is 24.8 Å². The van der Waals surface area contributed by atoms with Gasteiger partial charge in [-0.2, -0.15) is 0 Å². The average Bonchev–Trinajstić information content (AvgIpc) is 2.69. The van der Waals surface area contributed by atoms with Crippen molar-refractivity contribution in [1.29, 1.82) is 0 Å². The lowest BCUT2D eigenvalue weighted by Crippen LogP contribution is -2.58. The van der Waals surface area contributed by atoms with Crippen LogP contribution in [0.4, 0.5) is 0 Å². The molecule has 1 aromatic heterocycles. The minimum Gasteiger partial charge on any atom is -0.383 e. The standard InChI is InChI=1S/C21H24ClN3O3/c1-20(2,24-18(26)15-6-4-3-5-7-15)19(27)25-12-10-21(28,11-13-25)17-9-8-16(22)14-23-17/h3-9,14,28H,10-13H2,1-2H3,(H,24,26). The SMILES string of the molecule is CC(C)(NC(=O)c1ccccc1)C(=O)N1CCC(O)(c2ccc(Cl)cn2)CC1. The normalized spacial score (nSPS) is 16.5. The summed E-state index contributed by atoms with van der Waals surface area (Å²) in [6, 6.07) is 12.2. The van der Waals surface area contributed by atoms with Crippen LogP contribution in [0.25, 0.3) is 0 Å². The van der Waals surface area contributed by atoms with Crippen molar-refractivity contribution < 1.29 is 14.7 Å². The molecule has 2 amide bonds. The molecule has 0 atom stereocenters. The Bertz CT molecular complexity index is 845. The van der Waals surface area contributed by atoms with Crippen molar-refractivity contribution in [3.63, 3.8) is 0 Å². The van der Waals surface area contributed by atoms with E-state index in [0.29, 0.717) is 42.2 Å². The summed E-state index contributed by atoms with van der Waals surface area (Å²) in [6.45, 7) is 4.14. The topological polar surface area (TPSA) is 82.5 Å². The zero-order valence-electron chi connectivity index (χ0n) is 16.0. The number of nitrogens with zero attached hydrogens (tertiary/aromatic N) is 2. The molecule has 0 unspecified atom stereocenters. The number of rotatable bonds is 4. The van der Waals surface area contributed by atoms with Gasteiger partial charge in [0.05, 0.1) is 10.7 Å². The van der Waals surface area contributed by atoms with Gasteiger partial charge in [0.2, 0.25) is 5.91 Å². The Morgan fingerprint density at radius 1 is 1.14 bits per heavy atom. The van der Waals surface area contributed by atoms with E-state index in [-0.39, 0.29) is 11.8 Å². The van der Waals surface area contributed by atoms with Crippen LogP contribution in [0, 0.1) is 0 Å². The molecule has 2 N–H and O–H groups in total. The molecule has 1 aliphatic heterocycles. The maximum absolute atomic E-state index is 13.0. The van der Waals surface area contributed by atoms with Crippen molar-refractivity contribution in [2.75, 3.05) is 13.1 Å². The van der Waals surface area contributed by atoms with Crippen LogP contribution in [0.3, 0.4) is 0 Å². The van der Waals surface area contributed by atoms with Crippen molar-refractivity contribution in [2.24, 2.45) is 0 Å². The number of amides is 2. The highest BCUT2D eigenvalue weighted by Gasteiger charge is 2.40. The maximum Gasteiger partial charge on any atom is 0.252 e. The Morgan fingerprint density at radius 2 is 1.79 bits per heavy atom. The average molecular weight is 402 g/mol. The Balaban J connectivity index is 1.63. The van der Waals surface area contributed by atoms with Crippen LogP contribution in [-0.4, -0.2) is 45.4 Å². The molecule has 3 rings (SSSR count). The van der Waals surface area contributed by atoms with Gasteiger partial charge in [-0.25, -0.2) is 0 Å². The zero-order valence-corrected chi connectivity index (χ0v) is 16.7. The smallest absolute Gasteiger partial charge is 0.252 e. The first-order valence-corrected chi connectivity index (χ1v) is 9.60. The predicted molar refractivity (Wildman–Crippen MR) is 107 cm³/mol. The number of benzene rings is 1. The lowest BCUT2D eigenvalue weighted by atomic mass is 9.87. The van der Waals surface area contributed by atoms with Gasteiger partial charge in [0.25, 0.3) is 5.91 Å². The summed E-state index contributed by atoms with van der Waals surface area (Å²) in [5.41, 5.74) is -1.08. The van der Waals surface area contributed by atoms with E-state index in [2.05, 4.69) is 10.3 Å². The van der Waals surface area contributed by atoms with E-state index >= 15 is 0 Å². The molecule has 2 heterocycles.